The number of rotatable bonds is 8. The van der Waals surface area contributed by atoms with E-state index in [0.717, 1.165) is 32.5 Å². The van der Waals surface area contributed by atoms with Gasteiger partial charge >= 0.3 is 0 Å². The van der Waals surface area contributed by atoms with E-state index in [1.165, 1.54) is 0 Å². The van der Waals surface area contributed by atoms with E-state index in [-0.39, 0.29) is 11.3 Å². The molecule has 17 heavy (non-hydrogen) atoms. The third-order valence-corrected chi connectivity index (χ3v) is 3.19. The summed E-state index contributed by atoms with van der Waals surface area (Å²) in [7, 11) is 3.60. The summed E-state index contributed by atoms with van der Waals surface area (Å²) in [4.78, 5) is 15.4. The fourth-order valence-corrected chi connectivity index (χ4v) is 1.56. The second-order valence-electron chi connectivity index (χ2n) is 5.63. The monoisotopic (exact) mass is 243 g/mol. The number of likely N-dealkylation sites (N-methyl/N-ethyl adjacent to an activating group) is 2. The van der Waals surface area contributed by atoms with Crippen LogP contribution in [0, 0.1) is 5.41 Å². The molecule has 0 heterocycles. The molecule has 0 aliphatic heterocycles. The van der Waals surface area contributed by atoms with E-state index in [1.807, 2.05) is 0 Å². The molecule has 0 unspecified atom stereocenters. The molecule has 0 saturated carbocycles. The Kier molecular flexibility index (Phi) is 7.39. The van der Waals surface area contributed by atoms with Crippen LogP contribution >= 0.6 is 0 Å². The molecule has 1 amide bonds. The molecule has 0 radical (unpaired) electrons. The largest absolute Gasteiger partial charge is 0.348 e. The molecule has 0 aliphatic rings. The van der Waals surface area contributed by atoms with Crippen LogP contribution in [0.5, 0.6) is 0 Å². The van der Waals surface area contributed by atoms with Crippen LogP contribution in [0.3, 0.4) is 0 Å². The zero-order chi connectivity index (χ0) is 13.5. The predicted octanol–water partition coefficient (Wildman–Crippen LogP) is 1.16. The minimum absolute atomic E-state index is 0.171. The Bertz CT molecular complexity index is 227. The van der Waals surface area contributed by atoms with E-state index in [1.54, 1.807) is 19.0 Å². The van der Waals surface area contributed by atoms with Crippen molar-refractivity contribution in [3.8, 4) is 0 Å². The molecule has 4 nitrogen and oxygen atoms in total. The van der Waals surface area contributed by atoms with Crippen LogP contribution < -0.4 is 5.73 Å². The summed E-state index contributed by atoms with van der Waals surface area (Å²) in [6, 6.07) is 0. The maximum atomic E-state index is 11.6. The van der Waals surface area contributed by atoms with Crippen LogP contribution in [-0.2, 0) is 4.79 Å². The topological polar surface area (TPSA) is 49.6 Å². The molecule has 0 atom stereocenters. The van der Waals surface area contributed by atoms with Crippen LogP contribution in [0.1, 0.15) is 33.6 Å². The molecule has 0 aromatic carbocycles. The highest BCUT2D eigenvalue weighted by Gasteiger charge is 2.16. The van der Waals surface area contributed by atoms with Crippen LogP contribution in [0.15, 0.2) is 0 Å². The first kappa shape index (κ1) is 16.4. The summed E-state index contributed by atoms with van der Waals surface area (Å²) < 4.78 is 0. The van der Waals surface area contributed by atoms with Gasteiger partial charge in [0.2, 0.25) is 5.91 Å². The van der Waals surface area contributed by atoms with Gasteiger partial charge in [-0.2, -0.15) is 0 Å². The Morgan fingerprint density at radius 3 is 2.29 bits per heavy atom. The molecule has 102 valence electrons. The third-order valence-electron chi connectivity index (χ3n) is 3.19. The van der Waals surface area contributed by atoms with Gasteiger partial charge in [-0.05, 0) is 37.9 Å². The smallest absolute Gasteiger partial charge is 0.236 e. The Labute approximate surface area is 106 Å². The van der Waals surface area contributed by atoms with Crippen molar-refractivity contribution in [2.24, 2.45) is 11.1 Å². The van der Waals surface area contributed by atoms with Gasteiger partial charge in [0, 0.05) is 14.1 Å². The van der Waals surface area contributed by atoms with Gasteiger partial charge in [-0.1, -0.05) is 20.8 Å². The van der Waals surface area contributed by atoms with Crippen molar-refractivity contribution in [2.45, 2.75) is 33.6 Å². The van der Waals surface area contributed by atoms with Crippen LogP contribution in [0.2, 0.25) is 0 Å². The number of hydrogen-bond acceptors (Lipinski definition) is 3. The number of carbonyl (C=O) groups is 1. The van der Waals surface area contributed by atoms with Crippen molar-refractivity contribution >= 4 is 5.91 Å². The van der Waals surface area contributed by atoms with Gasteiger partial charge in [-0.3, -0.25) is 9.69 Å². The van der Waals surface area contributed by atoms with E-state index in [2.05, 4.69) is 25.7 Å². The van der Waals surface area contributed by atoms with E-state index in [0.29, 0.717) is 6.54 Å². The number of hydrogen-bond donors (Lipinski definition) is 1. The second kappa shape index (κ2) is 7.67. The highest BCUT2D eigenvalue weighted by molar-refractivity contribution is 5.77. The molecular weight excluding hydrogens is 214 g/mol. The van der Waals surface area contributed by atoms with Gasteiger partial charge in [0.25, 0.3) is 0 Å². The first-order valence-corrected chi connectivity index (χ1v) is 6.45. The zero-order valence-corrected chi connectivity index (χ0v) is 12.1. The van der Waals surface area contributed by atoms with Crippen molar-refractivity contribution in [1.29, 1.82) is 0 Å². The highest BCUT2D eigenvalue weighted by Crippen LogP contribution is 2.20. The normalized spacial score (nSPS) is 11.9. The standard InChI is InChI=1S/C13H29N3O/c1-6-16(10-12(17)15(4)5)9-7-8-13(2,3)11-14/h6-11,14H2,1-5H3. The maximum absolute atomic E-state index is 11.6. The van der Waals surface area contributed by atoms with Crippen molar-refractivity contribution in [1.82, 2.24) is 9.80 Å². The van der Waals surface area contributed by atoms with E-state index >= 15 is 0 Å². The minimum atomic E-state index is 0.171. The molecule has 2 N–H and O–H groups in total. The zero-order valence-electron chi connectivity index (χ0n) is 12.1. The summed E-state index contributed by atoms with van der Waals surface area (Å²) in [5.41, 5.74) is 5.92. The van der Waals surface area contributed by atoms with Gasteiger partial charge in [0.15, 0.2) is 0 Å². The Morgan fingerprint density at radius 2 is 1.88 bits per heavy atom. The van der Waals surface area contributed by atoms with Crippen LogP contribution in [0.25, 0.3) is 0 Å². The lowest BCUT2D eigenvalue weighted by atomic mass is 9.88. The van der Waals surface area contributed by atoms with Crippen molar-refractivity contribution in [3.63, 3.8) is 0 Å². The average molecular weight is 243 g/mol. The number of nitrogens with two attached hydrogens (primary N) is 1. The molecule has 0 fully saturated rings. The van der Waals surface area contributed by atoms with Crippen molar-refractivity contribution < 1.29 is 4.79 Å². The fourth-order valence-electron chi connectivity index (χ4n) is 1.56. The fraction of sp³-hybridized carbons (Fsp3) is 0.923. The molecule has 0 aromatic rings. The lowest BCUT2D eigenvalue weighted by Crippen LogP contribution is -2.37. The molecule has 0 saturated heterocycles. The molecule has 0 aromatic heterocycles. The van der Waals surface area contributed by atoms with Crippen molar-refractivity contribution in [3.05, 3.63) is 0 Å². The molecule has 0 spiro atoms. The van der Waals surface area contributed by atoms with E-state index in [9.17, 15) is 4.79 Å². The van der Waals surface area contributed by atoms with Gasteiger partial charge in [-0.25, -0.2) is 0 Å². The van der Waals surface area contributed by atoms with Crippen LogP contribution in [0.4, 0.5) is 0 Å². The predicted molar refractivity (Wildman–Crippen MR) is 72.9 cm³/mol. The van der Waals surface area contributed by atoms with E-state index in [4.69, 9.17) is 5.73 Å². The molecular formula is C13H29N3O. The Balaban J connectivity index is 3.95. The second-order valence-corrected chi connectivity index (χ2v) is 5.63. The molecule has 0 bridgehead atoms. The quantitative estimate of drug-likeness (QED) is 0.696. The summed E-state index contributed by atoms with van der Waals surface area (Å²) in [6.45, 7) is 9.60. The number of carbonyl (C=O) groups excluding carboxylic acids is 1. The minimum Gasteiger partial charge on any atom is -0.348 e. The summed E-state index contributed by atoms with van der Waals surface area (Å²) in [5, 5.41) is 0. The maximum Gasteiger partial charge on any atom is 0.236 e. The summed E-state index contributed by atoms with van der Waals surface area (Å²) >= 11 is 0. The number of nitrogens with zero attached hydrogens (tertiary/aromatic N) is 2. The summed E-state index contributed by atoms with van der Waals surface area (Å²) in [6.07, 6.45) is 2.20. The first-order chi connectivity index (χ1) is 7.82. The molecule has 0 aliphatic carbocycles. The molecule has 4 heteroatoms. The average Bonchev–Trinajstić information content (AvgIpc) is 2.27. The van der Waals surface area contributed by atoms with Gasteiger partial charge in [-0.15, -0.1) is 0 Å². The van der Waals surface area contributed by atoms with Crippen LogP contribution in [-0.4, -0.2) is 56.0 Å². The Hall–Kier alpha value is -0.610. The van der Waals surface area contributed by atoms with Gasteiger partial charge in [0.1, 0.15) is 0 Å². The lowest BCUT2D eigenvalue weighted by molar-refractivity contribution is -0.129. The summed E-state index contributed by atoms with van der Waals surface area (Å²) in [5.74, 6) is 0.171. The van der Waals surface area contributed by atoms with Gasteiger partial charge in [0.05, 0.1) is 6.54 Å². The van der Waals surface area contributed by atoms with E-state index < -0.39 is 0 Å². The molecule has 0 rings (SSSR count). The first-order valence-electron chi connectivity index (χ1n) is 6.45. The van der Waals surface area contributed by atoms with Crippen molar-refractivity contribution in [2.75, 3.05) is 40.3 Å². The Morgan fingerprint density at radius 1 is 1.29 bits per heavy atom. The van der Waals surface area contributed by atoms with Gasteiger partial charge < -0.3 is 10.6 Å². The number of amides is 1. The third kappa shape index (κ3) is 7.34. The SMILES string of the molecule is CCN(CCCC(C)(C)CN)CC(=O)N(C)C. The lowest BCUT2D eigenvalue weighted by Gasteiger charge is -2.26. The highest BCUT2D eigenvalue weighted by atomic mass is 16.2.